The molecule has 0 saturated heterocycles. The van der Waals surface area contributed by atoms with Crippen LogP contribution in [0.3, 0.4) is 0 Å². The van der Waals surface area contributed by atoms with E-state index < -0.39 is 18.8 Å². The standard InChI is InChI=1S/3C7H7.C6HCl5O.Sn/c3*1-7-5-3-2-4-6-7;7-1-2(8)4(10)6(12)5(11)3(1)9;/h3*2-6H,1H2;12H;/q;;;;+1/p-1. The molecular weight excluding hydrogens is 636 g/mol. The van der Waals surface area contributed by atoms with Gasteiger partial charge in [0.25, 0.3) is 0 Å². The molecule has 0 aliphatic heterocycles. The van der Waals surface area contributed by atoms with Gasteiger partial charge in [0.1, 0.15) is 0 Å². The summed E-state index contributed by atoms with van der Waals surface area (Å²) in [5.74, 6) is 0.321. The Balaban J connectivity index is 1.88. The fourth-order valence-electron chi connectivity index (χ4n) is 4.09. The second kappa shape index (κ2) is 11.8. The predicted octanol–water partition coefficient (Wildman–Crippen LogP) is 9.62. The van der Waals surface area contributed by atoms with Crippen molar-refractivity contribution in [3.8, 4) is 5.75 Å². The van der Waals surface area contributed by atoms with Crippen LogP contribution in [0.25, 0.3) is 0 Å². The molecule has 0 amide bonds. The summed E-state index contributed by atoms with van der Waals surface area (Å²) in [6.45, 7) is 0. The van der Waals surface area contributed by atoms with Crippen molar-refractivity contribution in [1.82, 2.24) is 0 Å². The molecule has 4 aromatic carbocycles. The van der Waals surface area contributed by atoms with E-state index in [2.05, 4.69) is 36.4 Å². The van der Waals surface area contributed by atoms with Gasteiger partial charge in [-0.3, -0.25) is 0 Å². The molecule has 0 saturated carbocycles. The molecule has 0 aromatic heterocycles. The van der Waals surface area contributed by atoms with E-state index in [1.807, 2.05) is 54.6 Å². The number of halogens is 5. The van der Waals surface area contributed by atoms with Crippen molar-refractivity contribution in [1.29, 1.82) is 0 Å². The average molecular weight is 657 g/mol. The van der Waals surface area contributed by atoms with E-state index in [4.69, 9.17) is 61.1 Å². The molecule has 7 heteroatoms. The van der Waals surface area contributed by atoms with Crippen LogP contribution in [0.15, 0.2) is 91.0 Å². The summed E-state index contributed by atoms with van der Waals surface area (Å²) in [6, 6.07) is 31.2. The van der Waals surface area contributed by atoms with Crippen LogP contribution in [-0.2, 0) is 13.3 Å². The normalized spacial score (nSPS) is 11.4. The molecule has 4 rings (SSSR count). The fraction of sp³-hybridized carbons (Fsp3) is 0.111. The van der Waals surface area contributed by atoms with Crippen LogP contribution in [0, 0.1) is 0 Å². The Morgan fingerprint density at radius 3 is 1.06 bits per heavy atom. The van der Waals surface area contributed by atoms with Gasteiger partial charge in [0.15, 0.2) is 0 Å². The molecule has 0 bridgehead atoms. The van der Waals surface area contributed by atoms with E-state index in [0.29, 0.717) is 5.75 Å². The van der Waals surface area contributed by atoms with Crippen molar-refractivity contribution in [2.75, 3.05) is 0 Å². The average Bonchev–Trinajstić information content (AvgIpc) is 2.86. The van der Waals surface area contributed by atoms with Gasteiger partial charge in [-0.15, -0.1) is 0 Å². The Labute approximate surface area is 229 Å². The molecule has 0 spiro atoms. The van der Waals surface area contributed by atoms with Crippen molar-refractivity contribution < 1.29 is 3.07 Å². The van der Waals surface area contributed by atoms with Gasteiger partial charge in [-0.2, -0.15) is 0 Å². The van der Waals surface area contributed by atoms with Crippen molar-refractivity contribution in [2.45, 2.75) is 13.3 Å². The van der Waals surface area contributed by atoms with Gasteiger partial charge in [0.2, 0.25) is 0 Å². The first-order valence-electron chi connectivity index (χ1n) is 10.7. The van der Waals surface area contributed by atoms with E-state index in [9.17, 15) is 0 Å². The minimum absolute atomic E-state index is 0.126. The number of hydrogen-bond acceptors (Lipinski definition) is 1. The summed E-state index contributed by atoms with van der Waals surface area (Å²) >= 11 is 28.6. The van der Waals surface area contributed by atoms with Crippen LogP contribution in [-0.4, -0.2) is 18.8 Å². The molecule has 174 valence electrons. The van der Waals surface area contributed by atoms with E-state index in [1.54, 1.807) is 0 Å². The van der Waals surface area contributed by atoms with Crippen LogP contribution < -0.4 is 3.07 Å². The van der Waals surface area contributed by atoms with Gasteiger partial charge in [0.05, 0.1) is 0 Å². The summed E-state index contributed by atoms with van der Waals surface area (Å²) in [6.07, 6.45) is 0. The summed E-state index contributed by atoms with van der Waals surface area (Å²) in [4.78, 5) is 0. The first kappa shape index (κ1) is 26.0. The molecule has 4 aromatic rings. The maximum atomic E-state index is 7.01. The van der Waals surface area contributed by atoms with Crippen molar-refractivity contribution in [3.05, 3.63) is 133 Å². The molecule has 0 radical (unpaired) electrons. The van der Waals surface area contributed by atoms with E-state index in [0.717, 1.165) is 13.3 Å². The molecule has 0 fully saturated rings. The zero-order valence-corrected chi connectivity index (χ0v) is 24.7. The summed E-state index contributed by atoms with van der Waals surface area (Å²) in [5, 5.41) is 0.799. The van der Waals surface area contributed by atoms with Gasteiger partial charge in [-0.1, -0.05) is 0 Å². The second-order valence-corrected chi connectivity index (χ2v) is 20.4. The molecule has 0 N–H and O–H groups in total. The predicted molar refractivity (Wildman–Crippen MR) is 148 cm³/mol. The molecule has 0 aliphatic rings. The van der Waals surface area contributed by atoms with Crippen LogP contribution in [0.5, 0.6) is 5.75 Å². The molecule has 1 nitrogen and oxygen atoms in total. The van der Waals surface area contributed by atoms with Crippen LogP contribution in [0.4, 0.5) is 0 Å². The van der Waals surface area contributed by atoms with Gasteiger partial charge >= 0.3 is 232 Å². The van der Waals surface area contributed by atoms with E-state index in [-0.39, 0.29) is 25.1 Å². The van der Waals surface area contributed by atoms with Gasteiger partial charge in [-0.05, 0) is 0 Å². The number of benzene rings is 4. The Morgan fingerprint density at radius 2 is 0.735 bits per heavy atom. The van der Waals surface area contributed by atoms with Crippen molar-refractivity contribution in [2.24, 2.45) is 0 Å². The quantitative estimate of drug-likeness (QED) is 0.104. The van der Waals surface area contributed by atoms with Crippen LogP contribution in [0.1, 0.15) is 16.7 Å². The zero-order chi connectivity index (χ0) is 24.1. The molecule has 0 heterocycles. The van der Waals surface area contributed by atoms with Crippen molar-refractivity contribution in [3.63, 3.8) is 0 Å². The van der Waals surface area contributed by atoms with Crippen LogP contribution in [0.2, 0.25) is 25.1 Å². The minimum atomic E-state index is -3.72. The summed E-state index contributed by atoms with van der Waals surface area (Å²) in [7, 11) is 0. The summed E-state index contributed by atoms with van der Waals surface area (Å²) < 4.78 is 9.44. The van der Waals surface area contributed by atoms with E-state index in [1.165, 1.54) is 16.7 Å². The second-order valence-electron chi connectivity index (χ2n) is 8.17. The third-order valence-electron chi connectivity index (χ3n) is 5.60. The van der Waals surface area contributed by atoms with Gasteiger partial charge in [-0.25, -0.2) is 0 Å². The molecule has 0 atom stereocenters. The Hall–Kier alpha value is -1.07. The maximum absolute atomic E-state index is 7.01. The Morgan fingerprint density at radius 1 is 0.441 bits per heavy atom. The molecule has 0 aliphatic carbocycles. The third-order valence-corrected chi connectivity index (χ3v) is 18.7. The zero-order valence-electron chi connectivity index (χ0n) is 18.1. The topological polar surface area (TPSA) is 9.23 Å². The SMILES string of the molecule is Clc1c(Cl)c(Cl)c([O][Sn]([CH2]c2ccccc2)([CH2]c2ccccc2)[CH2]c2ccccc2)c(Cl)c1Cl. The molecule has 0 unspecified atom stereocenters. The summed E-state index contributed by atoms with van der Waals surface area (Å²) in [5.41, 5.74) is 3.63. The fourth-order valence-corrected chi connectivity index (χ4v) is 17.6. The van der Waals surface area contributed by atoms with Gasteiger partial charge < -0.3 is 0 Å². The Bertz CT molecular complexity index is 1120. The Kier molecular flexibility index (Phi) is 9.01. The van der Waals surface area contributed by atoms with Gasteiger partial charge in [0, 0.05) is 0 Å². The number of rotatable bonds is 8. The van der Waals surface area contributed by atoms with Crippen LogP contribution >= 0.6 is 58.0 Å². The molecular formula is C27H21Cl5OSn. The number of hydrogen-bond donors (Lipinski definition) is 0. The monoisotopic (exact) mass is 656 g/mol. The van der Waals surface area contributed by atoms with E-state index >= 15 is 0 Å². The molecule has 34 heavy (non-hydrogen) atoms. The van der Waals surface area contributed by atoms with Crippen molar-refractivity contribution >= 4 is 76.8 Å². The first-order valence-corrected chi connectivity index (χ1v) is 19.8. The third kappa shape index (κ3) is 6.18. The first-order chi connectivity index (χ1) is 16.4.